The van der Waals surface area contributed by atoms with Crippen molar-refractivity contribution in [1.82, 2.24) is 0 Å². The molecule has 1 aliphatic heterocycles. The van der Waals surface area contributed by atoms with Gasteiger partial charge in [-0.25, -0.2) is 4.90 Å². The summed E-state index contributed by atoms with van der Waals surface area (Å²) in [7, 11) is 0. The monoisotopic (exact) mass is 387 g/mol. The Hall–Kier alpha value is -3.44. The largest absolute Gasteiger partial charge is 0.491 e. The molecule has 0 aromatic heterocycles. The molecule has 3 aromatic rings. The summed E-state index contributed by atoms with van der Waals surface area (Å²) in [4.78, 5) is 27.8. The number of anilines is 1. The van der Waals surface area contributed by atoms with Crippen LogP contribution >= 0.6 is 0 Å². The number of rotatable bonds is 6. The predicted molar refractivity (Wildman–Crippen MR) is 110 cm³/mol. The van der Waals surface area contributed by atoms with Crippen molar-refractivity contribution in [3.05, 3.63) is 95.6 Å². The fourth-order valence-corrected chi connectivity index (χ4v) is 3.04. The molecule has 5 nitrogen and oxygen atoms in total. The number of carbonyl (C=O) groups excluding carboxylic acids is 2. The Kier molecular flexibility index (Phi) is 5.40. The number of imide groups is 1. The number of benzene rings is 3. The molecule has 1 saturated heterocycles. The van der Waals surface area contributed by atoms with E-state index in [1.807, 2.05) is 31.2 Å². The van der Waals surface area contributed by atoms with Crippen molar-refractivity contribution >= 4 is 17.5 Å². The topological polar surface area (TPSA) is 59.1 Å². The zero-order valence-corrected chi connectivity index (χ0v) is 16.1. The zero-order valence-electron chi connectivity index (χ0n) is 16.1. The van der Waals surface area contributed by atoms with E-state index < -0.39 is 0 Å². The Morgan fingerprint density at radius 2 is 1.48 bits per heavy atom. The molecule has 0 N–H and O–H groups in total. The molecule has 0 bridgehead atoms. The molecule has 1 atom stereocenters. The summed E-state index contributed by atoms with van der Waals surface area (Å²) in [5, 5.41) is 0. The summed E-state index contributed by atoms with van der Waals surface area (Å²) >= 11 is 0. The quantitative estimate of drug-likeness (QED) is 0.468. The minimum Gasteiger partial charge on any atom is -0.491 e. The molecule has 2 amide bonds. The molecule has 0 spiro atoms. The fourth-order valence-electron chi connectivity index (χ4n) is 3.04. The van der Waals surface area contributed by atoms with Gasteiger partial charge in [-0.2, -0.15) is 0 Å². The molecule has 1 heterocycles. The van der Waals surface area contributed by atoms with Crippen LogP contribution in [0.4, 0.5) is 5.69 Å². The highest BCUT2D eigenvalue weighted by atomic mass is 16.6. The Morgan fingerprint density at radius 3 is 2.00 bits per heavy atom. The first-order chi connectivity index (χ1) is 14.1. The molecular weight excluding hydrogens is 366 g/mol. The second kappa shape index (κ2) is 8.29. The van der Waals surface area contributed by atoms with Gasteiger partial charge in [0.15, 0.2) is 0 Å². The Labute approximate surface area is 169 Å². The van der Waals surface area contributed by atoms with Crippen molar-refractivity contribution in [2.75, 3.05) is 18.1 Å². The molecule has 4 rings (SSSR count). The predicted octanol–water partition coefficient (Wildman–Crippen LogP) is 4.26. The van der Waals surface area contributed by atoms with E-state index >= 15 is 0 Å². The van der Waals surface area contributed by atoms with Crippen LogP contribution in [-0.2, 0) is 4.74 Å². The van der Waals surface area contributed by atoms with Gasteiger partial charge in [-0.1, -0.05) is 36.4 Å². The van der Waals surface area contributed by atoms with E-state index in [0.29, 0.717) is 35.8 Å². The zero-order chi connectivity index (χ0) is 20.2. The van der Waals surface area contributed by atoms with Crippen LogP contribution in [0.2, 0.25) is 0 Å². The van der Waals surface area contributed by atoms with Gasteiger partial charge in [0, 0.05) is 17.2 Å². The van der Waals surface area contributed by atoms with Crippen molar-refractivity contribution < 1.29 is 19.1 Å². The second-order valence-corrected chi connectivity index (χ2v) is 6.95. The number of ether oxygens (including phenoxy) is 2. The molecule has 0 aliphatic carbocycles. The van der Waals surface area contributed by atoms with Crippen molar-refractivity contribution in [3.63, 3.8) is 0 Å². The lowest BCUT2D eigenvalue weighted by Crippen LogP contribution is -2.37. The highest BCUT2D eigenvalue weighted by Crippen LogP contribution is 2.28. The van der Waals surface area contributed by atoms with Gasteiger partial charge in [-0.3, -0.25) is 9.59 Å². The summed E-state index contributed by atoms with van der Waals surface area (Å²) < 4.78 is 11.0. The van der Waals surface area contributed by atoms with Gasteiger partial charge in [-0.15, -0.1) is 0 Å². The molecule has 3 aromatic carbocycles. The summed E-state index contributed by atoms with van der Waals surface area (Å²) in [5.41, 5.74) is 2.24. The van der Waals surface area contributed by atoms with E-state index in [4.69, 9.17) is 9.47 Å². The van der Waals surface area contributed by atoms with Crippen LogP contribution in [0.1, 0.15) is 26.3 Å². The van der Waals surface area contributed by atoms with Crippen LogP contribution < -0.4 is 9.64 Å². The average molecular weight is 387 g/mol. The summed E-state index contributed by atoms with van der Waals surface area (Å²) in [6.45, 7) is 3.05. The van der Waals surface area contributed by atoms with Gasteiger partial charge in [-0.05, 0) is 48.9 Å². The molecular formula is C24H21NO4. The van der Waals surface area contributed by atoms with E-state index in [2.05, 4.69) is 0 Å². The van der Waals surface area contributed by atoms with Gasteiger partial charge < -0.3 is 9.47 Å². The Balaban J connectivity index is 1.73. The first kappa shape index (κ1) is 18.9. The normalized spacial score (nSPS) is 14.9. The van der Waals surface area contributed by atoms with Gasteiger partial charge in [0.25, 0.3) is 11.8 Å². The standard InChI is InChI=1S/C24H21NO4/c1-17-12-20(14-21(13-17)28-15-22-16-29-22)25(23(26)18-8-4-2-5-9-18)24(27)19-10-6-3-7-11-19/h2-14,22H,15-16H2,1H3. The van der Waals surface area contributed by atoms with Crippen LogP contribution in [0, 0.1) is 6.92 Å². The highest BCUT2D eigenvalue weighted by molar-refractivity contribution is 6.25. The van der Waals surface area contributed by atoms with E-state index in [1.54, 1.807) is 54.6 Å². The van der Waals surface area contributed by atoms with Gasteiger partial charge in [0.2, 0.25) is 0 Å². The molecule has 146 valence electrons. The SMILES string of the molecule is Cc1cc(OCC2CO2)cc(N(C(=O)c2ccccc2)C(=O)c2ccccc2)c1. The number of hydrogen-bond acceptors (Lipinski definition) is 4. The third-order valence-corrected chi connectivity index (χ3v) is 4.58. The van der Waals surface area contributed by atoms with Crippen molar-refractivity contribution in [1.29, 1.82) is 0 Å². The average Bonchev–Trinajstić information content (AvgIpc) is 3.58. The summed E-state index contributed by atoms with van der Waals surface area (Å²) in [6, 6.07) is 23.0. The number of epoxide rings is 1. The second-order valence-electron chi connectivity index (χ2n) is 6.95. The smallest absolute Gasteiger partial charge is 0.265 e. The lowest BCUT2D eigenvalue weighted by atomic mass is 10.1. The third kappa shape index (κ3) is 4.52. The van der Waals surface area contributed by atoms with Crippen LogP contribution in [0.3, 0.4) is 0 Å². The summed E-state index contributed by atoms with van der Waals surface area (Å²) in [5.74, 6) is -0.176. The number of aryl methyl sites for hydroxylation is 1. The van der Waals surface area contributed by atoms with Gasteiger partial charge >= 0.3 is 0 Å². The number of hydrogen-bond donors (Lipinski definition) is 0. The first-order valence-electron chi connectivity index (χ1n) is 9.47. The van der Waals surface area contributed by atoms with E-state index in [0.717, 1.165) is 5.56 Å². The minimum absolute atomic E-state index is 0.118. The van der Waals surface area contributed by atoms with Crippen LogP contribution in [-0.4, -0.2) is 31.1 Å². The number of nitrogens with zero attached hydrogens (tertiary/aromatic N) is 1. The Morgan fingerprint density at radius 1 is 0.931 bits per heavy atom. The van der Waals surface area contributed by atoms with Crippen molar-refractivity contribution in [3.8, 4) is 5.75 Å². The fraction of sp³-hybridized carbons (Fsp3) is 0.167. The van der Waals surface area contributed by atoms with Gasteiger partial charge in [0.1, 0.15) is 18.5 Å². The molecule has 0 radical (unpaired) electrons. The van der Waals surface area contributed by atoms with E-state index in [-0.39, 0.29) is 17.9 Å². The summed E-state index contributed by atoms with van der Waals surface area (Å²) in [6.07, 6.45) is 0.118. The molecule has 1 fully saturated rings. The van der Waals surface area contributed by atoms with Crippen LogP contribution in [0.15, 0.2) is 78.9 Å². The maximum atomic E-state index is 13.3. The molecule has 1 aliphatic rings. The lowest BCUT2D eigenvalue weighted by Gasteiger charge is -2.22. The lowest BCUT2D eigenvalue weighted by molar-refractivity contribution is 0.0897. The Bertz CT molecular complexity index is 962. The minimum atomic E-state index is -0.387. The maximum absolute atomic E-state index is 13.3. The maximum Gasteiger partial charge on any atom is 0.265 e. The molecule has 1 unspecified atom stereocenters. The van der Waals surface area contributed by atoms with Gasteiger partial charge in [0.05, 0.1) is 12.3 Å². The number of amides is 2. The van der Waals surface area contributed by atoms with E-state index in [1.165, 1.54) is 4.90 Å². The molecule has 5 heteroatoms. The van der Waals surface area contributed by atoms with Crippen molar-refractivity contribution in [2.45, 2.75) is 13.0 Å². The molecule has 29 heavy (non-hydrogen) atoms. The van der Waals surface area contributed by atoms with Crippen molar-refractivity contribution in [2.24, 2.45) is 0 Å². The molecule has 0 saturated carbocycles. The third-order valence-electron chi connectivity index (χ3n) is 4.58. The number of carbonyl (C=O) groups is 2. The van der Waals surface area contributed by atoms with Crippen LogP contribution in [0.5, 0.6) is 5.75 Å². The first-order valence-corrected chi connectivity index (χ1v) is 9.47. The van der Waals surface area contributed by atoms with Crippen LogP contribution in [0.25, 0.3) is 0 Å². The highest BCUT2D eigenvalue weighted by Gasteiger charge is 2.27. The van der Waals surface area contributed by atoms with E-state index in [9.17, 15) is 9.59 Å².